The van der Waals surface area contributed by atoms with E-state index < -0.39 is 6.04 Å². The van der Waals surface area contributed by atoms with Crippen molar-refractivity contribution in [2.45, 2.75) is 45.2 Å². The van der Waals surface area contributed by atoms with Crippen LogP contribution in [0.5, 0.6) is 0 Å². The summed E-state index contributed by atoms with van der Waals surface area (Å²) in [5.41, 5.74) is 5.26. The minimum atomic E-state index is -0.526. The second-order valence-corrected chi connectivity index (χ2v) is 8.21. The molecular weight excluding hydrogens is 318 g/mol. The molecule has 2 amide bonds. The van der Waals surface area contributed by atoms with Gasteiger partial charge in [0.1, 0.15) is 6.29 Å². The molecule has 4 unspecified atom stereocenters. The Balaban J connectivity index is 1.41. The predicted molar refractivity (Wildman–Crippen MR) is 91.1 cm³/mol. The van der Waals surface area contributed by atoms with Crippen LogP contribution in [0.2, 0.25) is 0 Å². The van der Waals surface area contributed by atoms with Crippen LogP contribution in [0, 0.1) is 17.3 Å². The van der Waals surface area contributed by atoms with Gasteiger partial charge in [0.05, 0.1) is 17.8 Å². The Hall–Kier alpha value is -2.28. The van der Waals surface area contributed by atoms with Gasteiger partial charge >= 0.3 is 6.03 Å². The maximum Gasteiger partial charge on any atom is 0.336 e. The van der Waals surface area contributed by atoms with E-state index in [0.29, 0.717) is 17.8 Å². The lowest BCUT2D eigenvalue weighted by Gasteiger charge is -2.28. The number of rotatable bonds is 3. The van der Waals surface area contributed by atoms with Gasteiger partial charge in [0.2, 0.25) is 0 Å². The second kappa shape index (κ2) is 5.62. The Bertz CT molecular complexity index is 727. The Morgan fingerprint density at radius 2 is 2.24 bits per heavy atom. The molecule has 1 aliphatic heterocycles. The molecule has 5 atom stereocenters. The highest BCUT2D eigenvalue weighted by Crippen LogP contribution is 2.65. The van der Waals surface area contributed by atoms with Crippen LogP contribution >= 0.6 is 0 Å². The normalized spacial score (nSPS) is 31.0. The maximum absolute atomic E-state index is 12.5. The predicted octanol–water partition coefficient (Wildman–Crippen LogP) is 1.61. The number of amides is 2. The quantitative estimate of drug-likeness (QED) is 0.816. The number of nitrogens with zero attached hydrogens (tertiary/aromatic N) is 3. The third kappa shape index (κ3) is 2.72. The van der Waals surface area contributed by atoms with Gasteiger partial charge in [-0.15, -0.1) is 0 Å². The number of carbonyl (C=O) groups excluding carboxylic acids is 2. The van der Waals surface area contributed by atoms with Gasteiger partial charge in [-0.2, -0.15) is 0 Å². The first kappa shape index (κ1) is 16.2. The third-order valence-corrected chi connectivity index (χ3v) is 5.55. The zero-order chi connectivity index (χ0) is 17.8. The maximum atomic E-state index is 12.5. The van der Waals surface area contributed by atoms with Crippen molar-refractivity contribution >= 4 is 12.3 Å². The average molecular weight is 341 g/mol. The lowest BCUT2D eigenvalue weighted by molar-refractivity contribution is -0.111. The lowest BCUT2D eigenvalue weighted by Crippen LogP contribution is -2.52. The van der Waals surface area contributed by atoms with Crippen LogP contribution < -0.4 is 10.7 Å². The summed E-state index contributed by atoms with van der Waals surface area (Å²) in [6, 6.07) is -0.643. The summed E-state index contributed by atoms with van der Waals surface area (Å²) < 4.78 is 0. The van der Waals surface area contributed by atoms with E-state index in [2.05, 4.69) is 20.7 Å². The van der Waals surface area contributed by atoms with Crippen LogP contribution in [0.25, 0.3) is 0 Å². The SMILES string of the molecule is CC(C)(C)C(C=O)NC(=O)N1C=C2CC3C(c4cnccn4)C3[C@@H]2N1. The monoisotopic (exact) mass is 341 g/mol. The molecule has 2 fully saturated rings. The molecule has 0 aromatic carbocycles. The molecule has 1 aromatic rings. The van der Waals surface area contributed by atoms with Crippen LogP contribution in [0.4, 0.5) is 4.79 Å². The van der Waals surface area contributed by atoms with Crippen molar-refractivity contribution in [1.29, 1.82) is 0 Å². The number of hydrazine groups is 1. The first-order chi connectivity index (χ1) is 11.9. The van der Waals surface area contributed by atoms with Crippen molar-refractivity contribution in [2.75, 3.05) is 0 Å². The largest absolute Gasteiger partial charge is 0.336 e. The summed E-state index contributed by atoms with van der Waals surface area (Å²) in [6.07, 6.45) is 8.90. The van der Waals surface area contributed by atoms with E-state index in [4.69, 9.17) is 0 Å². The summed E-state index contributed by atoms with van der Waals surface area (Å²) in [5.74, 6) is 1.47. The summed E-state index contributed by atoms with van der Waals surface area (Å²) in [6.45, 7) is 5.78. The molecule has 1 aromatic heterocycles. The fourth-order valence-corrected chi connectivity index (χ4v) is 4.09. The topological polar surface area (TPSA) is 87.2 Å². The van der Waals surface area contributed by atoms with Crippen molar-refractivity contribution in [1.82, 2.24) is 25.7 Å². The minimum Gasteiger partial charge on any atom is -0.327 e. The Morgan fingerprint density at radius 3 is 2.88 bits per heavy atom. The molecule has 4 rings (SSSR count). The highest BCUT2D eigenvalue weighted by atomic mass is 16.2. The lowest BCUT2D eigenvalue weighted by atomic mass is 9.88. The van der Waals surface area contributed by atoms with Crippen LogP contribution in [-0.4, -0.2) is 39.4 Å². The fraction of sp³-hybridized carbons (Fsp3) is 0.556. The second-order valence-electron chi connectivity index (χ2n) is 8.21. The van der Waals surface area contributed by atoms with Gasteiger partial charge in [0.15, 0.2) is 0 Å². The molecule has 132 valence electrons. The van der Waals surface area contributed by atoms with E-state index >= 15 is 0 Å². The van der Waals surface area contributed by atoms with E-state index in [1.165, 1.54) is 10.6 Å². The molecule has 0 saturated heterocycles. The number of carbonyl (C=O) groups is 2. The van der Waals surface area contributed by atoms with Crippen molar-refractivity contribution in [3.8, 4) is 0 Å². The molecule has 7 heteroatoms. The molecule has 2 aliphatic carbocycles. The molecule has 2 N–H and O–H groups in total. The van der Waals surface area contributed by atoms with Crippen molar-refractivity contribution in [3.05, 3.63) is 36.1 Å². The van der Waals surface area contributed by atoms with Crippen LogP contribution in [-0.2, 0) is 4.79 Å². The summed E-state index contributed by atoms with van der Waals surface area (Å²) in [5, 5.41) is 4.29. The molecule has 0 spiro atoms. The average Bonchev–Trinajstić information content (AvgIpc) is 2.93. The molecule has 2 heterocycles. The van der Waals surface area contributed by atoms with E-state index in [0.717, 1.165) is 18.4 Å². The highest BCUT2D eigenvalue weighted by Gasteiger charge is 2.63. The number of hydrogen-bond donors (Lipinski definition) is 2. The van der Waals surface area contributed by atoms with E-state index in [1.54, 1.807) is 12.4 Å². The van der Waals surface area contributed by atoms with Gasteiger partial charge in [0.25, 0.3) is 0 Å². The van der Waals surface area contributed by atoms with Crippen LogP contribution in [0.15, 0.2) is 30.4 Å². The molecule has 25 heavy (non-hydrogen) atoms. The minimum absolute atomic E-state index is 0.173. The smallest absolute Gasteiger partial charge is 0.327 e. The van der Waals surface area contributed by atoms with Crippen LogP contribution in [0.3, 0.4) is 0 Å². The molecule has 3 aliphatic rings. The molecule has 0 bridgehead atoms. The fourth-order valence-electron chi connectivity index (χ4n) is 4.09. The van der Waals surface area contributed by atoms with Gasteiger partial charge in [-0.1, -0.05) is 20.8 Å². The van der Waals surface area contributed by atoms with Crippen molar-refractivity contribution in [3.63, 3.8) is 0 Å². The number of aldehydes is 1. The zero-order valence-electron chi connectivity index (χ0n) is 14.6. The molecule has 7 nitrogen and oxygen atoms in total. The molecular formula is C18H23N5O2. The Morgan fingerprint density at radius 1 is 1.44 bits per heavy atom. The van der Waals surface area contributed by atoms with Gasteiger partial charge in [-0.25, -0.2) is 15.2 Å². The number of fused-ring (bicyclic) bond motifs is 3. The van der Waals surface area contributed by atoms with Gasteiger partial charge in [-0.05, 0) is 29.2 Å². The third-order valence-electron chi connectivity index (χ3n) is 5.55. The molecule has 0 radical (unpaired) electrons. The first-order valence-corrected chi connectivity index (χ1v) is 8.68. The van der Waals surface area contributed by atoms with Crippen LogP contribution in [0.1, 0.15) is 38.8 Å². The van der Waals surface area contributed by atoms with Crippen molar-refractivity contribution < 1.29 is 9.59 Å². The van der Waals surface area contributed by atoms with Gasteiger partial charge in [0, 0.05) is 30.7 Å². The van der Waals surface area contributed by atoms with E-state index in [-0.39, 0.29) is 17.5 Å². The molecule has 2 saturated carbocycles. The number of aromatic nitrogens is 2. The van der Waals surface area contributed by atoms with E-state index in [9.17, 15) is 9.59 Å². The summed E-state index contributed by atoms with van der Waals surface area (Å²) in [7, 11) is 0. The van der Waals surface area contributed by atoms with Gasteiger partial charge in [-0.3, -0.25) is 9.97 Å². The number of nitrogens with one attached hydrogen (secondary N) is 2. The Labute approximate surface area is 146 Å². The Kier molecular flexibility index (Phi) is 3.64. The van der Waals surface area contributed by atoms with E-state index in [1.807, 2.05) is 33.2 Å². The van der Waals surface area contributed by atoms with Crippen molar-refractivity contribution in [2.24, 2.45) is 17.3 Å². The number of urea groups is 1. The first-order valence-electron chi connectivity index (χ1n) is 8.68. The highest BCUT2D eigenvalue weighted by molar-refractivity contribution is 5.79. The summed E-state index contributed by atoms with van der Waals surface area (Å²) in [4.78, 5) is 32.4. The van der Waals surface area contributed by atoms with Gasteiger partial charge < -0.3 is 10.1 Å². The zero-order valence-corrected chi connectivity index (χ0v) is 14.6. The number of hydrogen-bond acceptors (Lipinski definition) is 5. The summed E-state index contributed by atoms with van der Waals surface area (Å²) >= 11 is 0. The standard InChI is InChI=1S/C18H23N5O2/c1-18(2,3)13(9-24)21-17(25)23-8-10-6-11-14(15(11)16(10)22-23)12-7-19-4-5-20-12/h4-5,7-9,11,13-16,22H,6H2,1-3H3,(H,21,25)/t11?,13?,14?,15?,16-/m1/s1.